The molecule has 2 heterocycles. The van der Waals surface area contributed by atoms with E-state index in [1.807, 2.05) is 13.1 Å². The van der Waals surface area contributed by atoms with Gasteiger partial charge in [-0.15, -0.1) is 11.3 Å². The quantitative estimate of drug-likeness (QED) is 0.865. The molecule has 0 aliphatic carbocycles. The second-order valence-electron chi connectivity index (χ2n) is 3.49. The van der Waals surface area contributed by atoms with E-state index in [9.17, 15) is 4.79 Å². The highest BCUT2D eigenvalue weighted by molar-refractivity contribution is 7.15. The van der Waals surface area contributed by atoms with Gasteiger partial charge in [-0.25, -0.2) is 4.98 Å². The van der Waals surface area contributed by atoms with Gasteiger partial charge in [0.2, 0.25) is 0 Å². The summed E-state index contributed by atoms with van der Waals surface area (Å²) in [7, 11) is 0. The first-order chi connectivity index (χ1) is 7.18. The van der Waals surface area contributed by atoms with Crippen LogP contribution in [-0.4, -0.2) is 20.5 Å². The lowest BCUT2D eigenvalue weighted by molar-refractivity contribution is -0.137. The molecule has 0 aliphatic rings. The van der Waals surface area contributed by atoms with Crippen LogP contribution in [0.3, 0.4) is 0 Å². The van der Waals surface area contributed by atoms with Crippen molar-refractivity contribution in [3.8, 4) is 0 Å². The van der Waals surface area contributed by atoms with E-state index >= 15 is 0 Å². The van der Waals surface area contributed by atoms with Gasteiger partial charge in [0.15, 0.2) is 4.96 Å². The number of hydrogen-bond acceptors (Lipinski definition) is 3. The van der Waals surface area contributed by atoms with E-state index in [-0.39, 0.29) is 6.42 Å². The number of thiazole rings is 1. The molecule has 0 aromatic carbocycles. The molecular weight excluding hydrogens is 212 g/mol. The maximum atomic E-state index is 10.4. The van der Waals surface area contributed by atoms with Crippen molar-refractivity contribution in [2.45, 2.75) is 26.2 Å². The van der Waals surface area contributed by atoms with Gasteiger partial charge in [0.1, 0.15) is 0 Å². The van der Waals surface area contributed by atoms with Gasteiger partial charge in [-0.05, 0) is 19.8 Å². The molecule has 0 fully saturated rings. The summed E-state index contributed by atoms with van der Waals surface area (Å²) >= 11 is 1.60. The third kappa shape index (κ3) is 2.02. The number of carbonyl (C=O) groups is 1. The molecule has 0 aliphatic heterocycles. The molecule has 0 bridgehead atoms. The monoisotopic (exact) mass is 224 g/mol. The maximum Gasteiger partial charge on any atom is 0.303 e. The van der Waals surface area contributed by atoms with Gasteiger partial charge in [0.25, 0.3) is 0 Å². The van der Waals surface area contributed by atoms with Gasteiger partial charge < -0.3 is 5.11 Å². The summed E-state index contributed by atoms with van der Waals surface area (Å²) in [5.41, 5.74) is 2.27. The van der Waals surface area contributed by atoms with Gasteiger partial charge in [-0.2, -0.15) is 0 Å². The van der Waals surface area contributed by atoms with Gasteiger partial charge in [0, 0.05) is 29.4 Å². The fourth-order valence-electron chi connectivity index (χ4n) is 1.61. The topological polar surface area (TPSA) is 54.6 Å². The standard InChI is InChI=1S/C10H12N2O2S/c1-7-5-11-10-12(7)8(6-15-10)3-2-4-9(13)14/h5-6H,2-4H2,1H3,(H,13,14). The largest absolute Gasteiger partial charge is 0.481 e. The van der Waals surface area contributed by atoms with E-state index in [0.29, 0.717) is 6.42 Å². The summed E-state index contributed by atoms with van der Waals surface area (Å²) in [6.45, 7) is 2.01. The lowest BCUT2D eigenvalue weighted by atomic mass is 10.2. The van der Waals surface area contributed by atoms with Crippen molar-refractivity contribution in [1.29, 1.82) is 0 Å². The van der Waals surface area contributed by atoms with Crippen LogP contribution in [-0.2, 0) is 11.2 Å². The minimum atomic E-state index is -0.733. The number of aryl methyl sites for hydroxylation is 2. The Hall–Kier alpha value is -1.36. The number of aromatic nitrogens is 2. The summed E-state index contributed by atoms with van der Waals surface area (Å²) in [5.74, 6) is -0.733. The Morgan fingerprint density at radius 3 is 3.20 bits per heavy atom. The molecule has 0 saturated heterocycles. The molecule has 15 heavy (non-hydrogen) atoms. The summed E-state index contributed by atoms with van der Waals surface area (Å²) in [5, 5.41) is 10.6. The Kier molecular flexibility index (Phi) is 2.73. The molecule has 2 rings (SSSR count). The van der Waals surface area contributed by atoms with Crippen LogP contribution >= 0.6 is 11.3 Å². The number of fused-ring (bicyclic) bond motifs is 1. The minimum Gasteiger partial charge on any atom is -0.481 e. The third-order valence-electron chi connectivity index (χ3n) is 2.32. The van der Waals surface area contributed by atoms with Crippen LogP contribution in [0.1, 0.15) is 24.2 Å². The third-order valence-corrected chi connectivity index (χ3v) is 3.21. The number of rotatable bonds is 4. The lowest BCUT2D eigenvalue weighted by Gasteiger charge is -1.99. The number of nitrogens with zero attached hydrogens (tertiary/aromatic N) is 2. The number of imidazole rings is 1. The molecule has 1 N–H and O–H groups in total. The van der Waals surface area contributed by atoms with E-state index in [4.69, 9.17) is 5.11 Å². The first-order valence-corrected chi connectivity index (χ1v) is 5.68. The molecule has 0 radical (unpaired) electrons. The number of carboxylic acid groups (broad SMARTS) is 1. The zero-order valence-corrected chi connectivity index (χ0v) is 9.25. The Labute approximate surface area is 91.2 Å². The molecule has 0 spiro atoms. The van der Waals surface area contributed by atoms with Gasteiger partial charge in [-0.3, -0.25) is 9.20 Å². The molecule has 4 nitrogen and oxygen atoms in total. The van der Waals surface area contributed by atoms with Crippen molar-refractivity contribution in [2.75, 3.05) is 0 Å². The van der Waals surface area contributed by atoms with E-state index in [0.717, 1.165) is 22.8 Å². The van der Waals surface area contributed by atoms with Crippen LogP contribution in [0.15, 0.2) is 11.6 Å². The van der Waals surface area contributed by atoms with Crippen LogP contribution in [0.5, 0.6) is 0 Å². The predicted molar refractivity (Wildman–Crippen MR) is 58.4 cm³/mol. The molecule has 0 unspecified atom stereocenters. The smallest absolute Gasteiger partial charge is 0.303 e. The van der Waals surface area contributed by atoms with Crippen LogP contribution < -0.4 is 0 Å². The van der Waals surface area contributed by atoms with Crippen LogP contribution in [0.4, 0.5) is 0 Å². The average molecular weight is 224 g/mol. The molecule has 2 aromatic rings. The Morgan fingerprint density at radius 1 is 1.67 bits per heavy atom. The molecule has 0 saturated carbocycles. The summed E-state index contributed by atoms with van der Waals surface area (Å²) in [6, 6.07) is 0. The highest BCUT2D eigenvalue weighted by atomic mass is 32.1. The lowest BCUT2D eigenvalue weighted by Crippen LogP contribution is -1.98. The summed E-state index contributed by atoms with van der Waals surface area (Å²) in [4.78, 5) is 15.6. The van der Waals surface area contributed by atoms with Crippen molar-refractivity contribution < 1.29 is 9.90 Å². The fourth-order valence-corrected chi connectivity index (χ4v) is 2.56. The number of carboxylic acids is 1. The number of aliphatic carboxylic acids is 1. The number of hydrogen-bond donors (Lipinski definition) is 1. The Bertz CT molecular complexity index is 487. The van der Waals surface area contributed by atoms with E-state index in [1.165, 1.54) is 0 Å². The van der Waals surface area contributed by atoms with Crippen molar-refractivity contribution in [3.63, 3.8) is 0 Å². The molecular formula is C10H12N2O2S. The van der Waals surface area contributed by atoms with Crippen LogP contribution in [0.2, 0.25) is 0 Å². The fraction of sp³-hybridized carbons (Fsp3) is 0.400. The highest BCUT2D eigenvalue weighted by Gasteiger charge is 2.07. The minimum absolute atomic E-state index is 0.227. The van der Waals surface area contributed by atoms with Gasteiger partial charge >= 0.3 is 5.97 Å². The molecule has 0 atom stereocenters. The molecule has 5 heteroatoms. The molecule has 2 aromatic heterocycles. The van der Waals surface area contributed by atoms with E-state index < -0.39 is 5.97 Å². The second kappa shape index (κ2) is 4.02. The predicted octanol–water partition coefficient (Wildman–Crippen LogP) is 2.11. The SMILES string of the molecule is Cc1cnc2scc(CCCC(=O)O)n12. The maximum absolute atomic E-state index is 10.4. The van der Waals surface area contributed by atoms with Gasteiger partial charge in [-0.1, -0.05) is 0 Å². The summed E-state index contributed by atoms with van der Waals surface area (Å²) in [6.07, 6.45) is 3.54. The van der Waals surface area contributed by atoms with Crippen LogP contribution in [0.25, 0.3) is 4.96 Å². The normalized spacial score (nSPS) is 11.0. The highest BCUT2D eigenvalue weighted by Crippen LogP contribution is 2.18. The van der Waals surface area contributed by atoms with Crippen molar-refractivity contribution in [1.82, 2.24) is 9.38 Å². The van der Waals surface area contributed by atoms with E-state index in [2.05, 4.69) is 14.8 Å². The molecule has 0 amide bonds. The Balaban J connectivity index is 2.13. The Morgan fingerprint density at radius 2 is 2.47 bits per heavy atom. The van der Waals surface area contributed by atoms with Crippen molar-refractivity contribution >= 4 is 22.3 Å². The zero-order chi connectivity index (χ0) is 10.8. The van der Waals surface area contributed by atoms with E-state index in [1.54, 1.807) is 11.3 Å². The zero-order valence-electron chi connectivity index (χ0n) is 8.43. The first-order valence-electron chi connectivity index (χ1n) is 4.80. The van der Waals surface area contributed by atoms with Crippen LogP contribution in [0, 0.1) is 6.92 Å². The molecule has 80 valence electrons. The average Bonchev–Trinajstić information content (AvgIpc) is 2.71. The second-order valence-corrected chi connectivity index (χ2v) is 4.33. The van der Waals surface area contributed by atoms with Crippen molar-refractivity contribution in [2.24, 2.45) is 0 Å². The first kappa shape index (κ1) is 10.2. The van der Waals surface area contributed by atoms with Crippen molar-refractivity contribution in [3.05, 3.63) is 23.0 Å². The summed E-state index contributed by atoms with van der Waals surface area (Å²) < 4.78 is 2.09. The van der Waals surface area contributed by atoms with Gasteiger partial charge in [0.05, 0.1) is 0 Å².